The van der Waals surface area contributed by atoms with Crippen molar-refractivity contribution in [2.75, 3.05) is 5.32 Å². The summed E-state index contributed by atoms with van der Waals surface area (Å²) in [5, 5.41) is 2.96. The first-order valence-corrected chi connectivity index (χ1v) is 7.25. The highest BCUT2D eigenvalue weighted by molar-refractivity contribution is 5.56. The number of ether oxygens (including phenoxy) is 1. The van der Waals surface area contributed by atoms with Crippen LogP contribution in [0.15, 0.2) is 66.7 Å². The van der Waals surface area contributed by atoms with Crippen LogP contribution in [0.4, 0.5) is 29.1 Å². The third kappa shape index (κ3) is 4.47. The number of hydrogen-bond acceptors (Lipinski definition) is 3. The van der Waals surface area contributed by atoms with Gasteiger partial charge in [-0.3, -0.25) is 0 Å². The molecule has 7 heteroatoms. The predicted molar refractivity (Wildman–Crippen MR) is 85.4 cm³/mol. The number of nitrogens with zero attached hydrogens (tertiary/aromatic N) is 1. The van der Waals surface area contributed by atoms with Gasteiger partial charge in [0.05, 0.1) is 5.56 Å². The van der Waals surface area contributed by atoms with E-state index in [0.717, 1.165) is 12.1 Å². The van der Waals surface area contributed by atoms with E-state index >= 15 is 0 Å². The first-order chi connectivity index (χ1) is 11.9. The number of nitrogens with one attached hydrogen (secondary N) is 1. The van der Waals surface area contributed by atoms with E-state index < -0.39 is 11.7 Å². The summed E-state index contributed by atoms with van der Waals surface area (Å²) in [5.41, 5.74) is -0.185. The molecule has 0 aliphatic rings. The first-order valence-electron chi connectivity index (χ1n) is 7.25. The molecule has 0 atom stereocenters. The fourth-order valence-electron chi connectivity index (χ4n) is 2.08. The standard InChI is InChI=1S/C18H12F4N2O/c19-13-7-9-14(10-8-13)23-16-5-2-6-17(24-16)25-15-4-1-3-12(11-15)18(20,21)22/h1-11H,(H,23,24). The molecule has 1 N–H and O–H groups in total. The highest BCUT2D eigenvalue weighted by atomic mass is 19.4. The molecule has 1 aromatic heterocycles. The van der Waals surface area contributed by atoms with Gasteiger partial charge in [0.1, 0.15) is 17.4 Å². The van der Waals surface area contributed by atoms with E-state index in [1.165, 1.54) is 42.5 Å². The average Bonchev–Trinajstić information content (AvgIpc) is 2.57. The number of anilines is 2. The number of halogens is 4. The smallest absolute Gasteiger partial charge is 0.416 e. The Labute approximate surface area is 140 Å². The molecule has 3 aromatic rings. The maximum absolute atomic E-state index is 12.9. The zero-order chi connectivity index (χ0) is 17.9. The lowest BCUT2D eigenvalue weighted by molar-refractivity contribution is -0.137. The Morgan fingerprint density at radius 1 is 0.880 bits per heavy atom. The topological polar surface area (TPSA) is 34.1 Å². The SMILES string of the molecule is Fc1ccc(Nc2cccc(Oc3cccc(C(F)(F)F)c3)n2)cc1. The van der Waals surface area contributed by atoms with Gasteiger partial charge < -0.3 is 10.1 Å². The van der Waals surface area contributed by atoms with Crippen LogP contribution in [0.3, 0.4) is 0 Å². The number of hydrogen-bond donors (Lipinski definition) is 1. The highest BCUT2D eigenvalue weighted by Crippen LogP contribution is 2.32. The molecule has 2 aromatic carbocycles. The molecule has 3 rings (SSSR count). The second-order valence-corrected chi connectivity index (χ2v) is 5.12. The van der Waals surface area contributed by atoms with Gasteiger partial charge in [-0.1, -0.05) is 12.1 Å². The molecule has 0 spiro atoms. The summed E-state index contributed by atoms with van der Waals surface area (Å²) in [6.07, 6.45) is -4.45. The second kappa shape index (κ2) is 6.80. The molecule has 25 heavy (non-hydrogen) atoms. The molecule has 0 aliphatic heterocycles. The van der Waals surface area contributed by atoms with Crippen molar-refractivity contribution in [1.29, 1.82) is 0 Å². The Morgan fingerprint density at radius 3 is 2.32 bits per heavy atom. The van der Waals surface area contributed by atoms with Crippen molar-refractivity contribution in [1.82, 2.24) is 4.98 Å². The minimum Gasteiger partial charge on any atom is -0.439 e. The molecule has 0 saturated carbocycles. The van der Waals surface area contributed by atoms with Crippen LogP contribution in [-0.2, 0) is 6.18 Å². The van der Waals surface area contributed by atoms with Crippen molar-refractivity contribution in [2.24, 2.45) is 0 Å². The van der Waals surface area contributed by atoms with Gasteiger partial charge >= 0.3 is 6.18 Å². The second-order valence-electron chi connectivity index (χ2n) is 5.12. The van der Waals surface area contributed by atoms with Gasteiger partial charge in [-0.05, 0) is 48.5 Å². The van der Waals surface area contributed by atoms with Crippen molar-refractivity contribution in [3.63, 3.8) is 0 Å². The van der Waals surface area contributed by atoms with Crippen LogP contribution in [0.1, 0.15) is 5.56 Å². The van der Waals surface area contributed by atoms with Crippen molar-refractivity contribution >= 4 is 11.5 Å². The zero-order valence-electron chi connectivity index (χ0n) is 12.7. The fraction of sp³-hybridized carbons (Fsp3) is 0.0556. The Bertz CT molecular complexity index is 863. The molecule has 0 amide bonds. The summed E-state index contributed by atoms with van der Waals surface area (Å²) in [6, 6.07) is 15.0. The quantitative estimate of drug-likeness (QED) is 0.607. The predicted octanol–water partition coefficient (Wildman–Crippen LogP) is 5.78. The van der Waals surface area contributed by atoms with E-state index in [-0.39, 0.29) is 17.4 Å². The van der Waals surface area contributed by atoms with Crippen LogP contribution < -0.4 is 10.1 Å². The van der Waals surface area contributed by atoms with Crippen molar-refractivity contribution in [2.45, 2.75) is 6.18 Å². The summed E-state index contributed by atoms with van der Waals surface area (Å²) >= 11 is 0. The van der Waals surface area contributed by atoms with E-state index in [2.05, 4.69) is 10.3 Å². The molecule has 0 saturated heterocycles. The van der Waals surface area contributed by atoms with Crippen molar-refractivity contribution < 1.29 is 22.3 Å². The Kier molecular flexibility index (Phi) is 4.56. The summed E-state index contributed by atoms with van der Waals surface area (Å²) < 4.78 is 56.5. The zero-order valence-corrected chi connectivity index (χ0v) is 12.7. The van der Waals surface area contributed by atoms with E-state index in [1.54, 1.807) is 12.1 Å². The largest absolute Gasteiger partial charge is 0.439 e. The molecule has 0 radical (unpaired) electrons. The molecule has 128 valence electrons. The Hall–Kier alpha value is -3.09. The first kappa shape index (κ1) is 16.8. The monoisotopic (exact) mass is 348 g/mol. The van der Waals surface area contributed by atoms with Gasteiger partial charge in [-0.2, -0.15) is 18.2 Å². The summed E-state index contributed by atoms with van der Waals surface area (Å²) in [4.78, 5) is 4.17. The van der Waals surface area contributed by atoms with E-state index in [9.17, 15) is 17.6 Å². The van der Waals surface area contributed by atoms with Gasteiger partial charge in [0.2, 0.25) is 5.88 Å². The minimum atomic E-state index is -4.45. The molecule has 0 bridgehead atoms. The van der Waals surface area contributed by atoms with Gasteiger partial charge in [0, 0.05) is 11.8 Å². The van der Waals surface area contributed by atoms with Gasteiger partial charge in [-0.15, -0.1) is 0 Å². The molecular formula is C18H12F4N2O. The average molecular weight is 348 g/mol. The van der Waals surface area contributed by atoms with E-state index in [1.807, 2.05) is 0 Å². The van der Waals surface area contributed by atoms with Crippen molar-refractivity contribution in [3.8, 4) is 11.6 Å². The van der Waals surface area contributed by atoms with E-state index in [0.29, 0.717) is 11.5 Å². The molecular weight excluding hydrogens is 336 g/mol. The minimum absolute atomic E-state index is 0.0289. The lowest BCUT2D eigenvalue weighted by atomic mass is 10.2. The van der Waals surface area contributed by atoms with Crippen LogP contribution in [-0.4, -0.2) is 4.98 Å². The van der Waals surface area contributed by atoms with Gasteiger partial charge in [0.25, 0.3) is 0 Å². The third-order valence-electron chi connectivity index (χ3n) is 3.22. The van der Waals surface area contributed by atoms with Crippen molar-refractivity contribution in [3.05, 3.63) is 78.1 Å². The lowest BCUT2D eigenvalue weighted by Crippen LogP contribution is -2.04. The number of benzene rings is 2. The fourth-order valence-corrected chi connectivity index (χ4v) is 2.08. The third-order valence-corrected chi connectivity index (χ3v) is 3.22. The lowest BCUT2D eigenvalue weighted by Gasteiger charge is -2.11. The Morgan fingerprint density at radius 2 is 1.60 bits per heavy atom. The molecule has 3 nitrogen and oxygen atoms in total. The molecule has 1 heterocycles. The van der Waals surface area contributed by atoms with Crippen LogP contribution in [0.25, 0.3) is 0 Å². The summed E-state index contributed by atoms with van der Waals surface area (Å²) in [5.74, 6) is 0.212. The number of rotatable bonds is 4. The highest BCUT2D eigenvalue weighted by Gasteiger charge is 2.30. The number of pyridine rings is 1. The van der Waals surface area contributed by atoms with Crippen LogP contribution in [0.5, 0.6) is 11.6 Å². The van der Waals surface area contributed by atoms with Crippen LogP contribution >= 0.6 is 0 Å². The number of alkyl halides is 3. The van der Waals surface area contributed by atoms with Crippen LogP contribution in [0.2, 0.25) is 0 Å². The maximum atomic E-state index is 12.9. The maximum Gasteiger partial charge on any atom is 0.416 e. The molecule has 0 fully saturated rings. The van der Waals surface area contributed by atoms with Gasteiger partial charge in [-0.25, -0.2) is 4.39 Å². The summed E-state index contributed by atoms with van der Waals surface area (Å²) in [6.45, 7) is 0. The normalized spacial score (nSPS) is 11.2. The van der Waals surface area contributed by atoms with Crippen LogP contribution in [0, 0.1) is 5.82 Å². The van der Waals surface area contributed by atoms with Gasteiger partial charge in [0.15, 0.2) is 0 Å². The molecule has 0 unspecified atom stereocenters. The summed E-state index contributed by atoms with van der Waals surface area (Å²) in [7, 11) is 0. The van der Waals surface area contributed by atoms with E-state index in [4.69, 9.17) is 4.74 Å². The number of aromatic nitrogens is 1. The Balaban J connectivity index is 1.77. The molecule has 0 aliphatic carbocycles.